The fourth-order valence-electron chi connectivity index (χ4n) is 4.90. The second-order valence-electron chi connectivity index (χ2n) is 9.64. The highest BCUT2D eigenvalue weighted by Crippen LogP contribution is 2.27. The zero-order valence-electron chi connectivity index (χ0n) is 20.4. The predicted molar refractivity (Wildman–Crippen MR) is 137 cm³/mol. The molecule has 34 heavy (non-hydrogen) atoms. The number of nitrogens with zero attached hydrogens (tertiary/aromatic N) is 2. The first-order valence-electron chi connectivity index (χ1n) is 12.2. The molecule has 4 rings (SSSR count). The van der Waals surface area contributed by atoms with Gasteiger partial charge in [0.25, 0.3) is 5.91 Å². The van der Waals surface area contributed by atoms with Crippen LogP contribution in [-0.2, 0) is 9.53 Å². The molecule has 1 saturated heterocycles. The summed E-state index contributed by atoms with van der Waals surface area (Å²) in [5.41, 5.74) is 3.19. The van der Waals surface area contributed by atoms with Crippen LogP contribution in [0.4, 0.5) is 17.1 Å². The van der Waals surface area contributed by atoms with Gasteiger partial charge in [-0.05, 0) is 88.3 Å². The quantitative estimate of drug-likeness (QED) is 0.642. The lowest BCUT2D eigenvalue weighted by Crippen LogP contribution is -2.31. The molecule has 0 bridgehead atoms. The van der Waals surface area contributed by atoms with Crippen LogP contribution in [-0.4, -0.2) is 63.2 Å². The number of methoxy groups -OCH3 is 1. The van der Waals surface area contributed by atoms with Gasteiger partial charge >= 0.3 is 0 Å². The van der Waals surface area contributed by atoms with Gasteiger partial charge in [-0.2, -0.15) is 0 Å². The summed E-state index contributed by atoms with van der Waals surface area (Å²) in [6.45, 7) is 2.07. The van der Waals surface area contributed by atoms with Crippen LogP contribution in [0.1, 0.15) is 42.5 Å². The van der Waals surface area contributed by atoms with Crippen molar-refractivity contribution in [2.75, 3.05) is 49.8 Å². The molecule has 2 N–H and O–H groups in total. The minimum Gasteiger partial charge on any atom is -0.381 e. The topological polar surface area (TPSA) is 73.9 Å². The number of nitrogens with one attached hydrogen (secondary N) is 2. The van der Waals surface area contributed by atoms with E-state index in [4.69, 9.17) is 4.74 Å². The summed E-state index contributed by atoms with van der Waals surface area (Å²) in [6, 6.07) is 15.6. The summed E-state index contributed by atoms with van der Waals surface area (Å²) in [6.07, 6.45) is 4.99. The first-order valence-corrected chi connectivity index (χ1v) is 12.2. The van der Waals surface area contributed by atoms with Crippen LogP contribution < -0.4 is 15.5 Å². The molecule has 0 spiro atoms. The lowest BCUT2D eigenvalue weighted by atomic mass is 9.86. The van der Waals surface area contributed by atoms with Crippen molar-refractivity contribution in [1.29, 1.82) is 0 Å². The standard InChI is InChI=1S/C27H36N4O3/c1-30(2)24-15-16-31(18-24)23-13-11-22(12-14-23)28-26(32)19-7-9-21(10-8-19)29-27(33)20-5-4-6-25(17-20)34-3/h7-14,20,24-25H,4-6,15-18H2,1-3H3,(H,28,32)(H,29,33). The monoisotopic (exact) mass is 464 g/mol. The van der Waals surface area contributed by atoms with Crippen molar-refractivity contribution in [3.63, 3.8) is 0 Å². The van der Waals surface area contributed by atoms with Crippen LogP contribution in [0.5, 0.6) is 0 Å². The number of ether oxygens (including phenoxy) is 1. The molecule has 7 nitrogen and oxygen atoms in total. The first-order chi connectivity index (χ1) is 16.4. The summed E-state index contributed by atoms with van der Waals surface area (Å²) >= 11 is 0. The van der Waals surface area contributed by atoms with Gasteiger partial charge in [0.15, 0.2) is 0 Å². The lowest BCUT2D eigenvalue weighted by molar-refractivity contribution is -0.122. The van der Waals surface area contributed by atoms with Crippen molar-refractivity contribution in [1.82, 2.24) is 4.90 Å². The molecule has 2 fully saturated rings. The third-order valence-corrected chi connectivity index (χ3v) is 7.13. The average molecular weight is 465 g/mol. The Morgan fingerprint density at radius 3 is 2.26 bits per heavy atom. The molecular formula is C27H36N4O3. The van der Waals surface area contributed by atoms with Crippen molar-refractivity contribution in [3.05, 3.63) is 54.1 Å². The Bertz CT molecular complexity index is 974. The minimum absolute atomic E-state index is 0.0222. The Kier molecular flexibility index (Phi) is 7.85. The smallest absolute Gasteiger partial charge is 0.255 e. The summed E-state index contributed by atoms with van der Waals surface area (Å²) in [5, 5.41) is 5.94. The van der Waals surface area contributed by atoms with E-state index in [2.05, 4.69) is 46.7 Å². The van der Waals surface area contributed by atoms with Gasteiger partial charge in [-0.3, -0.25) is 9.59 Å². The number of amides is 2. The van der Waals surface area contributed by atoms with E-state index in [1.807, 2.05) is 12.1 Å². The maximum absolute atomic E-state index is 12.7. The Morgan fingerprint density at radius 1 is 0.941 bits per heavy atom. The molecule has 3 unspecified atom stereocenters. The summed E-state index contributed by atoms with van der Waals surface area (Å²) in [5.74, 6) is -0.178. The number of hydrogen-bond acceptors (Lipinski definition) is 5. The van der Waals surface area contributed by atoms with Crippen LogP contribution in [0.15, 0.2) is 48.5 Å². The number of hydrogen-bond donors (Lipinski definition) is 2. The van der Waals surface area contributed by atoms with Gasteiger partial charge < -0.3 is 25.2 Å². The Morgan fingerprint density at radius 2 is 1.62 bits per heavy atom. The molecule has 1 heterocycles. The van der Waals surface area contributed by atoms with E-state index in [9.17, 15) is 9.59 Å². The Hall–Kier alpha value is -2.90. The van der Waals surface area contributed by atoms with Crippen LogP contribution in [0, 0.1) is 5.92 Å². The van der Waals surface area contributed by atoms with Crippen LogP contribution in [0.25, 0.3) is 0 Å². The third-order valence-electron chi connectivity index (χ3n) is 7.13. The van der Waals surface area contributed by atoms with Gasteiger partial charge in [0.1, 0.15) is 0 Å². The van der Waals surface area contributed by atoms with E-state index < -0.39 is 0 Å². The molecule has 3 atom stereocenters. The molecule has 2 aliphatic rings. The van der Waals surface area contributed by atoms with E-state index in [0.717, 1.165) is 50.9 Å². The van der Waals surface area contributed by atoms with Gasteiger partial charge in [-0.25, -0.2) is 0 Å². The molecule has 7 heteroatoms. The molecule has 1 aliphatic carbocycles. The molecule has 2 aromatic carbocycles. The Labute approximate surface area is 202 Å². The minimum atomic E-state index is -0.172. The van der Waals surface area contributed by atoms with E-state index in [0.29, 0.717) is 17.3 Å². The zero-order valence-corrected chi connectivity index (χ0v) is 20.4. The lowest BCUT2D eigenvalue weighted by Gasteiger charge is -2.27. The highest BCUT2D eigenvalue weighted by Gasteiger charge is 2.27. The molecule has 182 valence electrons. The largest absolute Gasteiger partial charge is 0.381 e. The summed E-state index contributed by atoms with van der Waals surface area (Å²) in [4.78, 5) is 30.0. The number of carbonyl (C=O) groups is 2. The zero-order chi connectivity index (χ0) is 24.1. The van der Waals surface area contributed by atoms with Crippen LogP contribution in [0.2, 0.25) is 0 Å². The van der Waals surface area contributed by atoms with Gasteiger partial charge in [0.05, 0.1) is 6.10 Å². The van der Waals surface area contributed by atoms with Gasteiger partial charge in [0, 0.05) is 54.8 Å². The first kappa shape index (κ1) is 24.2. The number of carbonyl (C=O) groups excluding carboxylic acids is 2. The fraction of sp³-hybridized carbons (Fsp3) is 0.481. The molecule has 2 amide bonds. The molecule has 0 aromatic heterocycles. The van der Waals surface area contributed by atoms with Crippen molar-refractivity contribution >= 4 is 28.9 Å². The molecule has 1 aliphatic heterocycles. The second kappa shape index (κ2) is 11.0. The summed E-state index contributed by atoms with van der Waals surface area (Å²) < 4.78 is 5.43. The second-order valence-corrected chi connectivity index (χ2v) is 9.64. The van der Waals surface area contributed by atoms with Crippen LogP contribution >= 0.6 is 0 Å². The fourth-order valence-corrected chi connectivity index (χ4v) is 4.90. The summed E-state index contributed by atoms with van der Waals surface area (Å²) in [7, 11) is 5.96. The van der Waals surface area contributed by atoms with Gasteiger partial charge in [0.2, 0.25) is 5.91 Å². The van der Waals surface area contributed by atoms with Crippen LogP contribution in [0.3, 0.4) is 0 Å². The van der Waals surface area contributed by atoms with E-state index in [1.54, 1.807) is 31.4 Å². The van der Waals surface area contributed by atoms with Crippen molar-refractivity contribution in [2.45, 2.75) is 44.2 Å². The highest BCUT2D eigenvalue weighted by molar-refractivity contribution is 6.04. The van der Waals surface area contributed by atoms with Gasteiger partial charge in [-0.15, -0.1) is 0 Å². The number of anilines is 3. The van der Waals surface area contributed by atoms with Crippen molar-refractivity contribution in [2.24, 2.45) is 5.92 Å². The maximum atomic E-state index is 12.7. The molecule has 0 radical (unpaired) electrons. The van der Waals surface area contributed by atoms with E-state index >= 15 is 0 Å². The van der Waals surface area contributed by atoms with Gasteiger partial charge in [-0.1, -0.05) is 6.42 Å². The number of rotatable bonds is 7. The number of likely N-dealkylation sites (N-methyl/N-ethyl adjacent to an activating group) is 1. The molecular weight excluding hydrogens is 428 g/mol. The van der Waals surface area contributed by atoms with Crippen molar-refractivity contribution < 1.29 is 14.3 Å². The molecule has 2 aromatic rings. The normalized spacial score (nSPS) is 22.6. The van der Waals surface area contributed by atoms with E-state index in [-0.39, 0.29) is 23.8 Å². The molecule has 1 saturated carbocycles. The third kappa shape index (κ3) is 5.96. The predicted octanol–water partition coefficient (Wildman–Crippen LogP) is 4.22. The highest BCUT2D eigenvalue weighted by atomic mass is 16.5. The Balaban J connectivity index is 1.29. The number of benzene rings is 2. The van der Waals surface area contributed by atoms with Crippen molar-refractivity contribution in [3.8, 4) is 0 Å². The maximum Gasteiger partial charge on any atom is 0.255 e. The average Bonchev–Trinajstić information content (AvgIpc) is 3.36. The van der Waals surface area contributed by atoms with E-state index in [1.165, 1.54) is 5.69 Å². The SMILES string of the molecule is COC1CCCC(C(=O)Nc2ccc(C(=O)Nc3ccc(N4CCC(N(C)C)C4)cc3)cc2)C1.